The van der Waals surface area contributed by atoms with Gasteiger partial charge in [0.2, 0.25) is 11.8 Å². The molecule has 1 aliphatic heterocycles. The maximum atomic E-state index is 12.7. The maximum Gasteiger partial charge on any atom is 0.255 e. The summed E-state index contributed by atoms with van der Waals surface area (Å²) in [5.41, 5.74) is 3.89. The van der Waals surface area contributed by atoms with E-state index >= 15 is 0 Å². The number of hydrogen-bond acceptors (Lipinski definition) is 3. The Morgan fingerprint density at radius 1 is 0.929 bits per heavy atom. The first kappa shape index (κ1) is 18.2. The summed E-state index contributed by atoms with van der Waals surface area (Å²) in [6.45, 7) is 3.95. The Labute approximate surface area is 164 Å². The number of amides is 3. The van der Waals surface area contributed by atoms with Crippen LogP contribution in [0.15, 0.2) is 54.6 Å². The van der Waals surface area contributed by atoms with Gasteiger partial charge in [-0.05, 0) is 62.6 Å². The van der Waals surface area contributed by atoms with E-state index in [1.54, 1.807) is 24.3 Å². The number of aryl methyl sites for hydroxylation is 2. The third-order valence-corrected chi connectivity index (χ3v) is 5.53. The Kier molecular flexibility index (Phi) is 4.59. The van der Waals surface area contributed by atoms with Crippen molar-refractivity contribution in [2.45, 2.75) is 26.7 Å². The largest absolute Gasteiger partial charge is 0.322 e. The van der Waals surface area contributed by atoms with Gasteiger partial charge in [-0.1, -0.05) is 29.8 Å². The minimum atomic E-state index is -0.259. The average Bonchev–Trinajstić information content (AvgIpc) is 2.95. The number of hydrogen-bond donors (Lipinski definition) is 1. The molecule has 2 aliphatic rings. The molecule has 4 rings (SSSR count). The molecule has 2 aromatic carbocycles. The van der Waals surface area contributed by atoms with Crippen LogP contribution in [0.2, 0.25) is 0 Å². The fourth-order valence-electron chi connectivity index (χ4n) is 3.96. The highest BCUT2D eigenvalue weighted by Crippen LogP contribution is 2.37. The van der Waals surface area contributed by atoms with Crippen LogP contribution in [0, 0.1) is 25.7 Å². The lowest BCUT2D eigenvalue weighted by Crippen LogP contribution is -2.30. The fourth-order valence-corrected chi connectivity index (χ4v) is 3.96. The van der Waals surface area contributed by atoms with Crippen molar-refractivity contribution in [1.29, 1.82) is 0 Å². The second-order valence-corrected chi connectivity index (χ2v) is 7.49. The summed E-state index contributed by atoms with van der Waals surface area (Å²) < 4.78 is 0. The van der Waals surface area contributed by atoms with Crippen molar-refractivity contribution in [1.82, 2.24) is 0 Å². The van der Waals surface area contributed by atoms with Crippen molar-refractivity contribution in [2.75, 3.05) is 10.2 Å². The second-order valence-electron chi connectivity index (χ2n) is 7.49. The van der Waals surface area contributed by atoms with Crippen molar-refractivity contribution in [2.24, 2.45) is 11.8 Å². The monoisotopic (exact) mass is 374 g/mol. The summed E-state index contributed by atoms with van der Waals surface area (Å²) in [6, 6.07) is 12.5. The quantitative estimate of drug-likeness (QED) is 0.652. The van der Waals surface area contributed by atoms with Crippen LogP contribution in [-0.2, 0) is 9.59 Å². The lowest BCUT2D eigenvalue weighted by molar-refractivity contribution is -0.122. The smallest absolute Gasteiger partial charge is 0.255 e. The number of carbonyl (C=O) groups excluding carboxylic acids is 3. The number of fused-ring (bicyclic) bond motifs is 1. The van der Waals surface area contributed by atoms with Gasteiger partial charge in [0.1, 0.15) is 0 Å². The van der Waals surface area contributed by atoms with Gasteiger partial charge in [-0.3, -0.25) is 19.3 Å². The topological polar surface area (TPSA) is 66.5 Å². The van der Waals surface area contributed by atoms with Crippen LogP contribution in [0.25, 0.3) is 0 Å². The fraction of sp³-hybridized carbons (Fsp3) is 0.261. The van der Waals surface area contributed by atoms with Crippen LogP contribution in [-0.4, -0.2) is 17.7 Å². The molecule has 1 aliphatic carbocycles. The summed E-state index contributed by atoms with van der Waals surface area (Å²) in [6.07, 6.45) is 5.16. The molecule has 2 atom stereocenters. The molecule has 1 heterocycles. The van der Waals surface area contributed by atoms with Gasteiger partial charge in [-0.2, -0.15) is 0 Å². The molecule has 2 aromatic rings. The maximum absolute atomic E-state index is 12.7. The Bertz CT molecular complexity index is 965. The van der Waals surface area contributed by atoms with Gasteiger partial charge in [-0.25, -0.2) is 0 Å². The molecular formula is C23H22N2O3. The summed E-state index contributed by atoms with van der Waals surface area (Å²) in [5.74, 6) is -1.04. The number of allylic oxidation sites excluding steroid dienone is 2. The van der Waals surface area contributed by atoms with E-state index in [0.29, 0.717) is 24.1 Å². The number of nitrogens with zero attached hydrogens (tertiary/aromatic N) is 1. The molecule has 1 fully saturated rings. The van der Waals surface area contributed by atoms with Gasteiger partial charge >= 0.3 is 0 Å². The summed E-state index contributed by atoms with van der Waals surface area (Å²) in [5, 5.41) is 2.91. The highest BCUT2D eigenvalue weighted by Gasteiger charge is 2.47. The van der Waals surface area contributed by atoms with Crippen LogP contribution >= 0.6 is 0 Å². The van der Waals surface area contributed by atoms with Gasteiger partial charge in [0.25, 0.3) is 5.91 Å². The van der Waals surface area contributed by atoms with E-state index in [1.807, 2.05) is 44.2 Å². The number of rotatable bonds is 3. The second kappa shape index (κ2) is 7.08. The number of carbonyl (C=O) groups is 3. The van der Waals surface area contributed by atoms with E-state index in [2.05, 4.69) is 5.32 Å². The highest BCUT2D eigenvalue weighted by molar-refractivity contribution is 6.22. The molecule has 1 saturated heterocycles. The molecule has 5 nitrogen and oxygen atoms in total. The summed E-state index contributed by atoms with van der Waals surface area (Å²) >= 11 is 0. The van der Waals surface area contributed by atoms with Gasteiger partial charge in [0.15, 0.2) is 0 Å². The normalized spacial score (nSPS) is 21.0. The van der Waals surface area contributed by atoms with Gasteiger partial charge in [-0.15, -0.1) is 0 Å². The molecule has 0 bridgehead atoms. The minimum Gasteiger partial charge on any atom is -0.322 e. The molecule has 1 N–H and O–H groups in total. The Balaban J connectivity index is 1.52. The van der Waals surface area contributed by atoms with Crippen molar-refractivity contribution in [3.63, 3.8) is 0 Å². The van der Waals surface area contributed by atoms with Crippen LogP contribution in [0.4, 0.5) is 11.4 Å². The van der Waals surface area contributed by atoms with Crippen molar-refractivity contribution >= 4 is 29.1 Å². The SMILES string of the molecule is Cc1ccc(NC(=O)c2ccc(N3C(=O)C4CC=CCC4C3=O)cc2)c(C)c1. The molecule has 0 saturated carbocycles. The minimum absolute atomic E-state index is 0.146. The molecule has 3 amide bonds. The Hall–Kier alpha value is -3.21. The van der Waals surface area contributed by atoms with E-state index in [0.717, 1.165) is 16.8 Å². The molecule has 28 heavy (non-hydrogen) atoms. The lowest BCUT2D eigenvalue weighted by atomic mass is 9.85. The van der Waals surface area contributed by atoms with E-state index < -0.39 is 0 Å². The van der Waals surface area contributed by atoms with Crippen LogP contribution in [0.3, 0.4) is 0 Å². The molecular weight excluding hydrogens is 352 g/mol. The Morgan fingerprint density at radius 3 is 2.11 bits per heavy atom. The zero-order valence-electron chi connectivity index (χ0n) is 15.9. The number of nitrogens with one attached hydrogen (secondary N) is 1. The number of anilines is 2. The van der Waals surface area contributed by atoms with Crippen molar-refractivity contribution in [3.05, 3.63) is 71.3 Å². The van der Waals surface area contributed by atoms with Crippen LogP contribution < -0.4 is 10.2 Å². The van der Waals surface area contributed by atoms with Gasteiger partial charge < -0.3 is 5.32 Å². The molecule has 5 heteroatoms. The van der Waals surface area contributed by atoms with E-state index in [1.165, 1.54) is 4.90 Å². The zero-order valence-corrected chi connectivity index (χ0v) is 15.9. The highest BCUT2D eigenvalue weighted by atomic mass is 16.2. The number of imide groups is 1. The predicted octanol–water partition coefficient (Wildman–Crippen LogP) is 4.01. The van der Waals surface area contributed by atoms with Crippen LogP contribution in [0.5, 0.6) is 0 Å². The first-order chi connectivity index (χ1) is 13.5. The third kappa shape index (κ3) is 3.13. The van der Waals surface area contributed by atoms with Gasteiger partial charge in [0, 0.05) is 11.3 Å². The van der Waals surface area contributed by atoms with Crippen molar-refractivity contribution < 1.29 is 14.4 Å². The molecule has 0 radical (unpaired) electrons. The van der Waals surface area contributed by atoms with E-state index in [-0.39, 0.29) is 29.6 Å². The molecule has 2 unspecified atom stereocenters. The lowest BCUT2D eigenvalue weighted by Gasteiger charge is -2.15. The molecule has 0 aromatic heterocycles. The predicted molar refractivity (Wildman–Crippen MR) is 108 cm³/mol. The summed E-state index contributed by atoms with van der Waals surface area (Å²) in [4.78, 5) is 39.2. The van der Waals surface area contributed by atoms with Crippen molar-refractivity contribution in [3.8, 4) is 0 Å². The number of benzene rings is 2. The first-order valence-electron chi connectivity index (χ1n) is 9.47. The standard InChI is InChI=1S/C23H22N2O3/c1-14-7-12-20(15(2)13-14)24-21(26)16-8-10-17(11-9-16)25-22(27)18-5-3-4-6-19(18)23(25)28/h3-4,7-13,18-19H,5-6H2,1-2H3,(H,24,26). The average molecular weight is 374 g/mol. The van der Waals surface area contributed by atoms with Crippen LogP contribution in [0.1, 0.15) is 34.3 Å². The summed E-state index contributed by atoms with van der Waals surface area (Å²) in [7, 11) is 0. The molecule has 142 valence electrons. The van der Waals surface area contributed by atoms with E-state index in [4.69, 9.17) is 0 Å². The molecule has 0 spiro atoms. The zero-order chi connectivity index (χ0) is 19.8. The van der Waals surface area contributed by atoms with E-state index in [9.17, 15) is 14.4 Å². The third-order valence-electron chi connectivity index (χ3n) is 5.53. The van der Waals surface area contributed by atoms with Gasteiger partial charge in [0.05, 0.1) is 17.5 Å². The first-order valence-corrected chi connectivity index (χ1v) is 9.47. The Morgan fingerprint density at radius 2 is 1.54 bits per heavy atom.